The molecule has 2 saturated heterocycles. The first kappa shape index (κ1) is 26.1. The summed E-state index contributed by atoms with van der Waals surface area (Å²) in [6.45, 7) is 5.99. The Morgan fingerprint density at radius 2 is 1.81 bits per heavy atom. The van der Waals surface area contributed by atoms with Crippen LogP contribution in [0.2, 0.25) is 0 Å². The molecular formula is C29H38FN3O3. The number of carbonyl (C=O) groups excluding carboxylic acids is 2. The molecule has 36 heavy (non-hydrogen) atoms. The zero-order chi connectivity index (χ0) is 25.3. The molecule has 0 aromatic heterocycles. The van der Waals surface area contributed by atoms with Gasteiger partial charge in [-0.2, -0.15) is 0 Å². The number of hydrogen-bond acceptors (Lipinski definition) is 4. The Balaban J connectivity index is 1.25. The number of piperidine rings is 2. The third-order valence-electron chi connectivity index (χ3n) is 7.44. The summed E-state index contributed by atoms with van der Waals surface area (Å²) in [4.78, 5) is 29.7. The van der Waals surface area contributed by atoms with E-state index in [1.54, 1.807) is 43.3 Å². The van der Waals surface area contributed by atoms with E-state index in [1.165, 1.54) is 5.56 Å². The topological polar surface area (TPSA) is 61.9 Å². The normalized spacial score (nSPS) is 19.2. The van der Waals surface area contributed by atoms with Gasteiger partial charge in [0.25, 0.3) is 0 Å². The predicted octanol–water partition coefficient (Wildman–Crippen LogP) is 5.73. The molecule has 4 rings (SSSR count). The van der Waals surface area contributed by atoms with Gasteiger partial charge >= 0.3 is 12.0 Å². The number of urea groups is 1. The quantitative estimate of drug-likeness (QED) is 0.475. The summed E-state index contributed by atoms with van der Waals surface area (Å²) in [5.74, 6) is 0.0872. The molecule has 0 bridgehead atoms. The Morgan fingerprint density at radius 3 is 2.56 bits per heavy atom. The van der Waals surface area contributed by atoms with Crippen molar-refractivity contribution in [1.29, 1.82) is 0 Å². The van der Waals surface area contributed by atoms with Gasteiger partial charge in [0, 0.05) is 24.8 Å². The molecule has 0 saturated carbocycles. The van der Waals surface area contributed by atoms with Crippen LogP contribution in [0.25, 0.3) is 0 Å². The summed E-state index contributed by atoms with van der Waals surface area (Å²) in [5.41, 5.74) is 2.26. The van der Waals surface area contributed by atoms with E-state index in [4.69, 9.17) is 4.74 Å². The number of likely N-dealkylation sites (tertiary alicyclic amines) is 2. The van der Waals surface area contributed by atoms with Crippen molar-refractivity contribution in [3.05, 3.63) is 65.5 Å². The summed E-state index contributed by atoms with van der Waals surface area (Å²) in [7, 11) is 0. The Bertz CT molecular complexity index is 1010. The van der Waals surface area contributed by atoms with Crippen LogP contribution in [0.4, 0.5) is 14.9 Å². The number of hydrogen-bond donors (Lipinski definition) is 1. The van der Waals surface area contributed by atoms with Crippen LogP contribution in [0.3, 0.4) is 0 Å². The van der Waals surface area contributed by atoms with Gasteiger partial charge in [-0.3, -0.25) is 0 Å². The molecule has 0 radical (unpaired) electrons. The lowest BCUT2D eigenvalue weighted by molar-refractivity contribution is 0.0526. The Hall–Kier alpha value is -2.93. The van der Waals surface area contributed by atoms with Crippen molar-refractivity contribution >= 4 is 17.7 Å². The first-order valence-corrected chi connectivity index (χ1v) is 13.3. The van der Waals surface area contributed by atoms with Gasteiger partial charge in [-0.15, -0.1) is 0 Å². The van der Waals surface area contributed by atoms with Gasteiger partial charge < -0.3 is 19.9 Å². The maximum atomic E-state index is 13.2. The maximum Gasteiger partial charge on any atom is 0.338 e. The highest BCUT2D eigenvalue weighted by atomic mass is 19.1. The fourth-order valence-electron chi connectivity index (χ4n) is 5.40. The lowest BCUT2D eigenvalue weighted by Gasteiger charge is -2.38. The van der Waals surface area contributed by atoms with Gasteiger partial charge in [-0.1, -0.05) is 18.2 Å². The summed E-state index contributed by atoms with van der Waals surface area (Å²) in [6.07, 6.45) is 7.48. The molecule has 2 fully saturated rings. The first-order chi connectivity index (χ1) is 17.5. The predicted molar refractivity (Wildman–Crippen MR) is 140 cm³/mol. The van der Waals surface area contributed by atoms with Crippen LogP contribution in [0, 0.1) is 11.7 Å². The number of ether oxygens (including phenoxy) is 1. The van der Waals surface area contributed by atoms with Crippen LogP contribution < -0.4 is 5.32 Å². The Labute approximate surface area is 213 Å². The van der Waals surface area contributed by atoms with E-state index in [9.17, 15) is 14.0 Å². The summed E-state index contributed by atoms with van der Waals surface area (Å²) < 4.78 is 18.2. The second-order valence-corrected chi connectivity index (χ2v) is 9.98. The van der Waals surface area contributed by atoms with Crippen molar-refractivity contribution in [1.82, 2.24) is 9.80 Å². The van der Waals surface area contributed by atoms with E-state index in [0.29, 0.717) is 23.8 Å². The number of benzene rings is 2. The van der Waals surface area contributed by atoms with Crippen LogP contribution in [0.1, 0.15) is 61.4 Å². The van der Waals surface area contributed by atoms with Gasteiger partial charge in [-0.25, -0.2) is 14.0 Å². The molecule has 2 aromatic rings. The average molecular weight is 496 g/mol. The zero-order valence-electron chi connectivity index (χ0n) is 21.3. The molecule has 2 aliphatic heterocycles. The summed E-state index contributed by atoms with van der Waals surface area (Å²) in [6, 6.07) is 14.0. The van der Waals surface area contributed by atoms with Crippen LogP contribution in [0.15, 0.2) is 48.5 Å². The standard InChI is InChI=1S/C29H38FN3O3/c1-2-36-28(34)24-6-5-7-26(21-24)31-29(35)33-16-4-3-8-27(33)15-19-32-17-13-23(14-18-32)20-22-9-11-25(30)12-10-22/h5-7,9-12,21,23,27H,2-4,8,13-20H2,1H3,(H,31,35). The molecule has 1 unspecified atom stereocenters. The fourth-order valence-corrected chi connectivity index (χ4v) is 5.40. The molecule has 1 N–H and O–H groups in total. The van der Waals surface area contributed by atoms with Crippen molar-refractivity contribution < 1.29 is 18.7 Å². The van der Waals surface area contributed by atoms with Crippen LogP contribution >= 0.6 is 0 Å². The number of rotatable bonds is 8. The Morgan fingerprint density at radius 1 is 1.03 bits per heavy atom. The van der Waals surface area contributed by atoms with Crippen molar-refractivity contribution in [3.8, 4) is 0 Å². The fraction of sp³-hybridized carbons (Fsp3) is 0.517. The number of carbonyl (C=O) groups is 2. The number of amides is 2. The molecule has 2 aliphatic rings. The highest BCUT2D eigenvalue weighted by Gasteiger charge is 2.28. The highest BCUT2D eigenvalue weighted by Crippen LogP contribution is 2.25. The molecule has 7 heteroatoms. The maximum absolute atomic E-state index is 13.2. The van der Waals surface area contributed by atoms with E-state index in [0.717, 1.165) is 71.1 Å². The van der Waals surface area contributed by atoms with Crippen molar-refractivity contribution in [2.45, 2.75) is 57.9 Å². The van der Waals surface area contributed by atoms with E-state index in [-0.39, 0.29) is 23.9 Å². The molecule has 0 aliphatic carbocycles. The van der Waals surface area contributed by atoms with Crippen molar-refractivity contribution in [2.75, 3.05) is 38.1 Å². The smallest absolute Gasteiger partial charge is 0.338 e. The highest BCUT2D eigenvalue weighted by molar-refractivity contribution is 5.94. The number of esters is 1. The van der Waals surface area contributed by atoms with Gasteiger partial charge in [0.05, 0.1) is 12.2 Å². The van der Waals surface area contributed by atoms with Gasteiger partial charge in [0.1, 0.15) is 5.82 Å². The molecule has 0 spiro atoms. The van der Waals surface area contributed by atoms with Gasteiger partial charge in [0.15, 0.2) is 0 Å². The van der Waals surface area contributed by atoms with E-state index in [2.05, 4.69) is 10.2 Å². The molecule has 2 amide bonds. The minimum absolute atomic E-state index is 0.0984. The van der Waals surface area contributed by atoms with Crippen LogP contribution in [0.5, 0.6) is 0 Å². The summed E-state index contributed by atoms with van der Waals surface area (Å²) in [5, 5.41) is 2.99. The Kier molecular flexibility index (Phi) is 9.34. The van der Waals surface area contributed by atoms with E-state index >= 15 is 0 Å². The monoisotopic (exact) mass is 495 g/mol. The molecule has 2 heterocycles. The van der Waals surface area contributed by atoms with E-state index < -0.39 is 0 Å². The van der Waals surface area contributed by atoms with Gasteiger partial charge in [0.2, 0.25) is 0 Å². The number of halogens is 1. The average Bonchev–Trinajstić information content (AvgIpc) is 2.90. The molecule has 1 atom stereocenters. The van der Waals surface area contributed by atoms with Crippen LogP contribution in [-0.4, -0.2) is 60.6 Å². The molecule has 2 aromatic carbocycles. The minimum Gasteiger partial charge on any atom is -0.462 e. The van der Waals surface area contributed by atoms with Crippen molar-refractivity contribution in [3.63, 3.8) is 0 Å². The number of anilines is 1. The lowest BCUT2D eigenvalue weighted by Crippen LogP contribution is -2.47. The van der Waals surface area contributed by atoms with Gasteiger partial charge in [-0.05, 0) is 107 Å². The molecular weight excluding hydrogens is 457 g/mol. The lowest BCUT2D eigenvalue weighted by atomic mass is 9.90. The van der Waals surface area contributed by atoms with E-state index in [1.807, 2.05) is 17.0 Å². The largest absolute Gasteiger partial charge is 0.462 e. The second kappa shape index (κ2) is 12.9. The number of nitrogens with zero attached hydrogens (tertiary/aromatic N) is 2. The summed E-state index contributed by atoms with van der Waals surface area (Å²) >= 11 is 0. The third-order valence-corrected chi connectivity index (χ3v) is 7.44. The second-order valence-electron chi connectivity index (χ2n) is 9.98. The molecule has 194 valence electrons. The molecule has 6 nitrogen and oxygen atoms in total. The minimum atomic E-state index is -0.383. The third kappa shape index (κ3) is 7.29. The van der Waals surface area contributed by atoms with Crippen molar-refractivity contribution in [2.24, 2.45) is 5.92 Å². The first-order valence-electron chi connectivity index (χ1n) is 13.3. The van der Waals surface area contributed by atoms with Crippen LogP contribution in [-0.2, 0) is 11.2 Å². The number of nitrogens with one attached hydrogen (secondary N) is 1. The zero-order valence-corrected chi connectivity index (χ0v) is 21.3. The SMILES string of the molecule is CCOC(=O)c1cccc(NC(=O)N2CCCCC2CCN2CCC(Cc3ccc(F)cc3)CC2)c1.